The SMILES string of the molecule is CNCC(c1ccc(C(C)C)cc1)C1CCCCCC1. The normalized spacial score (nSPS) is 19.0. The largest absolute Gasteiger partial charge is 0.319 e. The van der Waals surface area contributed by atoms with Crippen LogP contribution in [0.15, 0.2) is 24.3 Å². The Hall–Kier alpha value is -0.820. The highest BCUT2D eigenvalue weighted by Gasteiger charge is 2.23. The van der Waals surface area contributed by atoms with Crippen molar-refractivity contribution in [2.45, 2.75) is 64.2 Å². The van der Waals surface area contributed by atoms with Gasteiger partial charge in [0, 0.05) is 6.54 Å². The number of likely N-dealkylation sites (N-methyl/N-ethyl adjacent to an activating group) is 1. The Morgan fingerprint density at radius 2 is 1.50 bits per heavy atom. The fraction of sp³-hybridized carbons (Fsp3) is 0.684. The lowest BCUT2D eigenvalue weighted by molar-refractivity contribution is 0.367. The first-order chi connectivity index (χ1) is 9.72. The van der Waals surface area contributed by atoms with Gasteiger partial charge in [0.1, 0.15) is 0 Å². The molecule has 112 valence electrons. The Morgan fingerprint density at radius 3 is 2.00 bits per heavy atom. The van der Waals surface area contributed by atoms with Gasteiger partial charge in [0.2, 0.25) is 0 Å². The minimum atomic E-state index is 0.629. The fourth-order valence-corrected chi connectivity index (χ4v) is 3.62. The number of benzene rings is 1. The van der Waals surface area contributed by atoms with Crippen molar-refractivity contribution in [3.63, 3.8) is 0 Å². The molecule has 1 aromatic carbocycles. The van der Waals surface area contributed by atoms with Gasteiger partial charge in [0.25, 0.3) is 0 Å². The topological polar surface area (TPSA) is 12.0 Å². The summed E-state index contributed by atoms with van der Waals surface area (Å²) in [5.41, 5.74) is 2.99. The quantitative estimate of drug-likeness (QED) is 0.737. The molecule has 0 bridgehead atoms. The lowest BCUT2D eigenvalue weighted by atomic mass is 9.81. The van der Waals surface area contributed by atoms with Gasteiger partial charge in [0.05, 0.1) is 0 Å². The van der Waals surface area contributed by atoms with Crippen molar-refractivity contribution in [3.05, 3.63) is 35.4 Å². The smallest absolute Gasteiger partial charge is 0.00198 e. The van der Waals surface area contributed by atoms with Gasteiger partial charge in [-0.05, 0) is 48.8 Å². The molecule has 20 heavy (non-hydrogen) atoms. The van der Waals surface area contributed by atoms with E-state index in [-0.39, 0.29) is 0 Å². The zero-order valence-electron chi connectivity index (χ0n) is 13.5. The van der Waals surface area contributed by atoms with Crippen LogP contribution >= 0.6 is 0 Å². The lowest BCUT2D eigenvalue weighted by Gasteiger charge is -2.27. The maximum absolute atomic E-state index is 3.42. The number of hydrogen-bond donors (Lipinski definition) is 1. The van der Waals surface area contributed by atoms with Crippen LogP contribution in [0.2, 0.25) is 0 Å². The van der Waals surface area contributed by atoms with E-state index in [4.69, 9.17) is 0 Å². The molecule has 1 unspecified atom stereocenters. The number of nitrogens with one attached hydrogen (secondary N) is 1. The Labute approximate surface area is 125 Å². The van der Waals surface area contributed by atoms with Crippen molar-refractivity contribution >= 4 is 0 Å². The molecular formula is C19H31N. The summed E-state index contributed by atoms with van der Waals surface area (Å²) in [6.07, 6.45) is 8.56. The molecule has 0 heterocycles. The van der Waals surface area contributed by atoms with Crippen LogP contribution in [-0.4, -0.2) is 13.6 Å². The summed E-state index contributed by atoms with van der Waals surface area (Å²) < 4.78 is 0. The predicted molar refractivity (Wildman–Crippen MR) is 88.4 cm³/mol. The maximum Gasteiger partial charge on any atom is 0.00198 e. The van der Waals surface area contributed by atoms with Crippen molar-refractivity contribution < 1.29 is 0 Å². The van der Waals surface area contributed by atoms with Gasteiger partial charge < -0.3 is 5.32 Å². The molecule has 0 radical (unpaired) electrons. The van der Waals surface area contributed by atoms with E-state index in [0.717, 1.165) is 12.5 Å². The zero-order valence-corrected chi connectivity index (χ0v) is 13.5. The second-order valence-electron chi connectivity index (χ2n) is 6.74. The first-order valence-corrected chi connectivity index (χ1v) is 8.47. The second kappa shape index (κ2) is 7.83. The summed E-state index contributed by atoms with van der Waals surface area (Å²) in [7, 11) is 2.09. The highest BCUT2D eigenvalue weighted by molar-refractivity contribution is 5.28. The van der Waals surface area contributed by atoms with E-state index in [1.807, 2.05) is 0 Å². The first kappa shape index (κ1) is 15.6. The Balaban J connectivity index is 2.13. The molecule has 1 aromatic rings. The predicted octanol–water partition coefficient (Wildman–Crippen LogP) is 5.08. The minimum absolute atomic E-state index is 0.629. The molecule has 1 heteroatoms. The molecule has 1 aliphatic carbocycles. The Bertz CT molecular complexity index is 371. The van der Waals surface area contributed by atoms with E-state index in [9.17, 15) is 0 Å². The third kappa shape index (κ3) is 4.09. The van der Waals surface area contributed by atoms with Gasteiger partial charge in [-0.1, -0.05) is 63.8 Å². The summed E-state index contributed by atoms with van der Waals surface area (Å²) >= 11 is 0. The summed E-state index contributed by atoms with van der Waals surface area (Å²) in [6.45, 7) is 5.66. The first-order valence-electron chi connectivity index (χ1n) is 8.47. The van der Waals surface area contributed by atoms with Crippen molar-refractivity contribution in [1.29, 1.82) is 0 Å². The standard InChI is InChI=1S/C19H31N/c1-15(2)16-10-12-18(13-11-16)19(14-20-3)17-8-6-4-5-7-9-17/h10-13,15,17,19-20H,4-9,14H2,1-3H3. The van der Waals surface area contributed by atoms with Gasteiger partial charge in [-0.3, -0.25) is 0 Å². The van der Waals surface area contributed by atoms with E-state index in [0.29, 0.717) is 11.8 Å². The molecule has 0 aliphatic heterocycles. The summed E-state index contributed by atoms with van der Waals surface area (Å²) in [4.78, 5) is 0. The summed E-state index contributed by atoms with van der Waals surface area (Å²) in [5.74, 6) is 2.19. The molecule has 0 spiro atoms. The molecular weight excluding hydrogens is 242 g/mol. The minimum Gasteiger partial charge on any atom is -0.319 e. The number of hydrogen-bond acceptors (Lipinski definition) is 1. The van der Waals surface area contributed by atoms with Crippen LogP contribution in [0.3, 0.4) is 0 Å². The summed E-state index contributed by atoms with van der Waals surface area (Å²) in [6, 6.07) is 9.42. The number of rotatable bonds is 5. The van der Waals surface area contributed by atoms with Crippen LogP contribution in [0.5, 0.6) is 0 Å². The molecule has 1 atom stereocenters. The molecule has 1 nitrogen and oxygen atoms in total. The maximum atomic E-state index is 3.42. The third-order valence-electron chi connectivity index (χ3n) is 4.92. The van der Waals surface area contributed by atoms with E-state index < -0.39 is 0 Å². The van der Waals surface area contributed by atoms with E-state index in [1.165, 1.54) is 49.7 Å². The highest BCUT2D eigenvalue weighted by atomic mass is 14.8. The Morgan fingerprint density at radius 1 is 0.950 bits per heavy atom. The zero-order chi connectivity index (χ0) is 14.4. The third-order valence-corrected chi connectivity index (χ3v) is 4.92. The van der Waals surface area contributed by atoms with Gasteiger partial charge >= 0.3 is 0 Å². The average Bonchev–Trinajstić information content (AvgIpc) is 2.74. The molecule has 1 aliphatic rings. The lowest BCUT2D eigenvalue weighted by Crippen LogP contribution is -2.24. The van der Waals surface area contributed by atoms with Gasteiger partial charge in [0.15, 0.2) is 0 Å². The van der Waals surface area contributed by atoms with Crippen molar-refractivity contribution in [2.24, 2.45) is 5.92 Å². The van der Waals surface area contributed by atoms with Gasteiger partial charge in [-0.15, -0.1) is 0 Å². The van der Waals surface area contributed by atoms with E-state index in [2.05, 4.69) is 50.5 Å². The molecule has 1 fully saturated rings. The van der Waals surface area contributed by atoms with Gasteiger partial charge in [-0.25, -0.2) is 0 Å². The van der Waals surface area contributed by atoms with Crippen LogP contribution < -0.4 is 5.32 Å². The average molecular weight is 273 g/mol. The van der Waals surface area contributed by atoms with Crippen molar-refractivity contribution in [1.82, 2.24) is 5.32 Å². The van der Waals surface area contributed by atoms with Crippen LogP contribution in [0, 0.1) is 5.92 Å². The second-order valence-corrected chi connectivity index (χ2v) is 6.74. The Kier molecular flexibility index (Phi) is 6.09. The fourth-order valence-electron chi connectivity index (χ4n) is 3.62. The molecule has 0 amide bonds. The van der Waals surface area contributed by atoms with Crippen LogP contribution in [-0.2, 0) is 0 Å². The van der Waals surface area contributed by atoms with Crippen molar-refractivity contribution in [3.8, 4) is 0 Å². The molecule has 0 saturated heterocycles. The van der Waals surface area contributed by atoms with E-state index in [1.54, 1.807) is 0 Å². The van der Waals surface area contributed by atoms with Gasteiger partial charge in [-0.2, -0.15) is 0 Å². The molecule has 1 N–H and O–H groups in total. The highest BCUT2D eigenvalue weighted by Crippen LogP contribution is 2.35. The summed E-state index contributed by atoms with van der Waals surface area (Å²) in [5, 5.41) is 3.42. The monoisotopic (exact) mass is 273 g/mol. The van der Waals surface area contributed by atoms with Crippen LogP contribution in [0.25, 0.3) is 0 Å². The van der Waals surface area contributed by atoms with E-state index >= 15 is 0 Å². The van der Waals surface area contributed by atoms with Crippen LogP contribution in [0.4, 0.5) is 0 Å². The molecule has 0 aromatic heterocycles. The van der Waals surface area contributed by atoms with Crippen molar-refractivity contribution in [2.75, 3.05) is 13.6 Å². The molecule has 2 rings (SSSR count). The van der Waals surface area contributed by atoms with Crippen LogP contribution in [0.1, 0.15) is 75.3 Å². The molecule has 1 saturated carbocycles.